The molecule has 1 aromatic heterocycles. The molecule has 2 heterocycles. The number of hydrogen-bond donors (Lipinski definition) is 1. The second kappa shape index (κ2) is 6.92. The van der Waals surface area contributed by atoms with Crippen molar-refractivity contribution in [1.82, 2.24) is 15.0 Å². The molecule has 0 bridgehead atoms. The predicted molar refractivity (Wildman–Crippen MR) is 75.2 cm³/mol. The number of ether oxygens (including phenoxy) is 1. The third-order valence-electron chi connectivity index (χ3n) is 3.04. The van der Waals surface area contributed by atoms with Gasteiger partial charge in [0.2, 0.25) is 11.9 Å². The Labute approximate surface area is 113 Å². The first-order chi connectivity index (χ1) is 9.29. The monoisotopic (exact) mass is 263 g/mol. The van der Waals surface area contributed by atoms with Crippen molar-refractivity contribution in [3.05, 3.63) is 12.7 Å². The van der Waals surface area contributed by atoms with Crippen LogP contribution in [0.25, 0.3) is 0 Å². The Bertz CT molecular complexity index is 417. The van der Waals surface area contributed by atoms with Crippen LogP contribution < -0.4 is 15.4 Å². The summed E-state index contributed by atoms with van der Waals surface area (Å²) in [5.74, 6) is 0.847. The number of nitrogens with zero attached hydrogens (tertiary/aromatic N) is 4. The number of allylic oxidation sites excluding steroid dienone is 1. The Morgan fingerprint density at radius 3 is 2.74 bits per heavy atom. The molecule has 0 aromatic carbocycles. The van der Waals surface area contributed by atoms with Gasteiger partial charge in [0.1, 0.15) is 0 Å². The molecule has 0 amide bonds. The minimum Gasteiger partial charge on any atom is -0.463 e. The zero-order valence-electron chi connectivity index (χ0n) is 11.2. The van der Waals surface area contributed by atoms with Crippen LogP contribution in [0.2, 0.25) is 0 Å². The van der Waals surface area contributed by atoms with Gasteiger partial charge in [0.05, 0.1) is 6.61 Å². The molecule has 6 heteroatoms. The third-order valence-corrected chi connectivity index (χ3v) is 3.04. The van der Waals surface area contributed by atoms with E-state index in [9.17, 15) is 0 Å². The average molecular weight is 263 g/mol. The van der Waals surface area contributed by atoms with Gasteiger partial charge in [-0.05, 0) is 32.1 Å². The summed E-state index contributed by atoms with van der Waals surface area (Å²) in [6.07, 6.45) is 7.28. The molecule has 19 heavy (non-hydrogen) atoms. The Hall–Kier alpha value is -1.85. The van der Waals surface area contributed by atoms with Gasteiger partial charge >= 0.3 is 6.01 Å². The zero-order valence-corrected chi connectivity index (χ0v) is 11.2. The largest absolute Gasteiger partial charge is 0.463 e. The maximum absolute atomic E-state index is 5.71. The zero-order chi connectivity index (χ0) is 13.5. The summed E-state index contributed by atoms with van der Waals surface area (Å²) in [4.78, 5) is 14.7. The van der Waals surface area contributed by atoms with Gasteiger partial charge in [0.25, 0.3) is 0 Å². The van der Waals surface area contributed by atoms with Gasteiger partial charge in [-0.1, -0.05) is 6.08 Å². The van der Waals surface area contributed by atoms with Gasteiger partial charge in [0.15, 0.2) is 0 Å². The fraction of sp³-hybridized carbons (Fsp3) is 0.615. The van der Waals surface area contributed by atoms with Gasteiger partial charge in [-0.3, -0.25) is 0 Å². The van der Waals surface area contributed by atoms with E-state index in [1.165, 1.54) is 19.3 Å². The minimum absolute atomic E-state index is 0.217. The molecule has 0 saturated carbocycles. The van der Waals surface area contributed by atoms with Crippen molar-refractivity contribution in [2.45, 2.75) is 32.1 Å². The van der Waals surface area contributed by atoms with Gasteiger partial charge < -0.3 is 15.4 Å². The molecule has 1 aromatic rings. The van der Waals surface area contributed by atoms with Gasteiger partial charge in [0, 0.05) is 13.1 Å². The van der Waals surface area contributed by atoms with E-state index in [-0.39, 0.29) is 5.95 Å². The number of rotatable bonds is 6. The van der Waals surface area contributed by atoms with E-state index in [0.29, 0.717) is 18.6 Å². The number of piperidine rings is 1. The van der Waals surface area contributed by atoms with E-state index >= 15 is 0 Å². The molecule has 0 atom stereocenters. The van der Waals surface area contributed by atoms with E-state index in [1.54, 1.807) is 0 Å². The molecular weight excluding hydrogens is 242 g/mol. The summed E-state index contributed by atoms with van der Waals surface area (Å²) in [6.45, 7) is 6.18. The molecule has 0 unspecified atom stereocenters. The average Bonchev–Trinajstić information content (AvgIpc) is 2.44. The van der Waals surface area contributed by atoms with Crippen LogP contribution in [0.1, 0.15) is 32.1 Å². The molecule has 0 radical (unpaired) electrons. The lowest BCUT2D eigenvalue weighted by molar-refractivity contribution is 0.287. The number of anilines is 2. The molecule has 0 aliphatic carbocycles. The number of unbranched alkanes of at least 4 members (excludes halogenated alkanes) is 1. The highest BCUT2D eigenvalue weighted by atomic mass is 16.5. The fourth-order valence-electron chi connectivity index (χ4n) is 2.05. The van der Waals surface area contributed by atoms with Crippen molar-refractivity contribution in [3.8, 4) is 6.01 Å². The van der Waals surface area contributed by atoms with E-state index in [0.717, 1.165) is 25.9 Å². The molecule has 1 aliphatic heterocycles. The molecule has 1 aliphatic rings. The van der Waals surface area contributed by atoms with Crippen LogP contribution in [0.15, 0.2) is 12.7 Å². The van der Waals surface area contributed by atoms with Crippen LogP contribution in [0.5, 0.6) is 6.01 Å². The summed E-state index contributed by atoms with van der Waals surface area (Å²) in [6, 6.07) is 0.317. The highest BCUT2D eigenvalue weighted by Crippen LogP contribution is 2.18. The van der Waals surface area contributed by atoms with Gasteiger partial charge in [-0.2, -0.15) is 15.0 Å². The lowest BCUT2D eigenvalue weighted by Crippen LogP contribution is -2.31. The lowest BCUT2D eigenvalue weighted by Gasteiger charge is -2.26. The van der Waals surface area contributed by atoms with Gasteiger partial charge in [-0.25, -0.2) is 0 Å². The van der Waals surface area contributed by atoms with Crippen molar-refractivity contribution in [2.24, 2.45) is 0 Å². The van der Waals surface area contributed by atoms with Crippen LogP contribution in [-0.2, 0) is 0 Å². The molecule has 2 N–H and O–H groups in total. The van der Waals surface area contributed by atoms with Crippen LogP contribution in [0, 0.1) is 0 Å². The van der Waals surface area contributed by atoms with Crippen molar-refractivity contribution in [3.63, 3.8) is 0 Å². The lowest BCUT2D eigenvalue weighted by atomic mass is 10.1. The Morgan fingerprint density at radius 2 is 2.00 bits per heavy atom. The number of aromatic nitrogens is 3. The molecule has 2 rings (SSSR count). The van der Waals surface area contributed by atoms with E-state index < -0.39 is 0 Å². The topological polar surface area (TPSA) is 77.2 Å². The molecule has 1 fully saturated rings. The first kappa shape index (κ1) is 13.6. The van der Waals surface area contributed by atoms with Crippen molar-refractivity contribution < 1.29 is 4.74 Å². The summed E-state index contributed by atoms with van der Waals surface area (Å²) in [5.41, 5.74) is 5.71. The first-order valence-electron chi connectivity index (χ1n) is 6.80. The Kier molecular flexibility index (Phi) is 4.94. The van der Waals surface area contributed by atoms with Crippen LogP contribution in [-0.4, -0.2) is 34.6 Å². The molecular formula is C13H21N5O. The van der Waals surface area contributed by atoms with E-state index in [2.05, 4.69) is 26.4 Å². The van der Waals surface area contributed by atoms with Gasteiger partial charge in [-0.15, -0.1) is 6.58 Å². The molecule has 104 valence electrons. The normalized spacial score (nSPS) is 15.3. The second-order valence-corrected chi connectivity index (χ2v) is 4.60. The third kappa shape index (κ3) is 4.08. The number of hydrogen-bond acceptors (Lipinski definition) is 6. The van der Waals surface area contributed by atoms with Crippen LogP contribution in [0.4, 0.5) is 11.9 Å². The number of nitrogens with two attached hydrogens (primary N) is 1. The quantitative estimate of drug-likeness (QED) is 0.623. The van der Waals surface area contributed by atoms with Crippen molar-refractivity contribution in [2.75, 3.05) is 30.3 Å². The predicted octanol–water partition coefficient (Wildman–Crippen LogP) is 1.79. The highest BCUT2D eigenvalue weighted by Gasteiger charge is 2.15. The Morgan fingerprint density at radius 1 is 1.21 bits per heavy atom. The van der Waals surface area contributed by atoms with Crippen molar-refractivity contribution in [1.29, 1.82) is 0 Å². The minimum atomic E-state index is 0.217. The summed E-state index contributed by atoms with van der Waals surface area (Å²) in [7, 11) is 0. The van der Waals surface area contributed by atoms with Crippen molar-refractivity contribution >= 4 is 11.9 Å². The molecule has 1 saturated heterocycles. The highest BCUT2D eigenvalue weighted by molar-refractivity contribution is 5.36. The van der Waals surface area contributed by atoms with Crippen LogP contribution >= 0.6 is 0 Å². The molecule has 6 nitrogen and oxygen atoms in total. The molecule has 0 spiro atoms. The first-order valence-corrected chi connectivity index (χ1v) is 6.80. The standard InChI is InChI=1S/C13H21N5O/c1-2-3-7-10-19-13-16-11(14)15-12(17-13)18-8-5-4-6-9-18/h2H,1,3-10H2,(H2,14,15,16,17). The summed E-state index contributed by atoms with van der Waals surface area (Å²) >= 11 is 0. The van der Waals surface area contributed by atoms with Crippen LogP contribution in [0.3, 0.4) is 0 Å². The Balaban J connectivity index is 1.99. The summed E-state index contributed by atoms with van der Waals surface area (Å²) in [5, 5.41) is 0. The number of nitrogen functional groups attached to an aromatic ring is 1. The fourth-order valence-corrected chi connectivity index (χ4v) is 2.05. The van der Waals surface area contributed by atoms with E-state index in [1.807, 2.05) is 6.08 Å². The smallest absolute Gasteiger partial charge is 0.323 e. The second-order valence-electron chi connectivity index (χ2n) is 4.60. The maximum atomic E-state index is 5.71. The SMILES string of the molecule is C=CCCCOc1nc(N)nc(N2CCCCC2)n1. The maximum Gasteiger partial charge on any atom is 0.323 e. The van der Waals surface area contributed by atoms with E-state index in [4.69, 9.17) is 10.5 Å². The summed E-state index contributed by atoms with van der Waals surface area (Å²) < 4.78 is 5.50.